The number of likely N-dealkylation sites (tertiary alicyclic amines) is 1. The summed E-state index contributed by atoms with van der Waals surface area (Å²) < 4.78 is 1.57. The van der Waals surface area contributed by atoms with Gasteiger partial charge in [0.15, 0.2) is 0 Å². The Kier molecular flexibility index (Phi) is 4.48. The van der Waals surface area contributed by atoms with E-state index in [2.05, 4.69) is 24.2 Å². The Morgan fingerprint density at radius 3 is 2.92 bits per heavy atom. The number of thiophene rings is 1. The lowest BCUT2D eigenvalue weighted by Crippen LogP contribution is -2.44. The molecule has 0 saturated carbocycles. The molecule has 3 rings (SSSR count). The Labute approximate surface area is 146 Å². The molecular formula is C17H24N4O2S. The minimum Gasteiger partial charge on any atom is -0.384 e. The maximum Gasteiger partial charge on any atom is 0.244 e. The Bertz CT molecular complexity index is 706. The van der Waals surface area contributed by atoms with Crippen LogP contribution in [0.25, 0.3) is 0 Å². The van der Waals surface area contributed by atoms with Gasteiger partial charge in [-0.2, -0.15) is 0 Å². The molecule has 1 aliphatic heterocycles. The first kappa shape index (κ1) is 17.1. The molecule has 7 heteroatoms. The molecule has 1 aliphatic rings. The van der Waals surface area contributed by atoms with Crippen LogP contribution < -0.4 is 0 Å². The van der Waals surface area contributed by atoms with Crippen LogP contribution in [0.4, 0.5) is 0 Å². The second kappa shape index (κ2) is 6.29. The highest BCUT2D eigenvalue weighted by Crippen LogP contribution is 2.29. The zero-order valence-corrected chi connectivity index (χ0v) is 15.2. The van der Waals surface area contributed by atoms with Crippen LogP contribution in [0.1, 0.15) is 44.2 Å². The number of rotatable bonds is 5. The minimum absolute atomic E-state index is 0.0685. The predicted octanol–water partition coefficient (Wildman–Crippen LogP) is 2.19. The highest BCUT2D eigenvalue weighted by atomic mass is 32.1. The number of carbonyl (C=O) groups is 1. The van der Waals surface area contributed by atoms with Crippen molar-refractivity contribution in [2.24, 2.45) is 0 Å². The van der Waals surface area contributed by atoms with Gasteiger partial charge in [-0.25, -0.2) is 4.68 Å². The van der Waals surface area contributed by atoms with E-state index in [0.29, 0.717) is 12.1 Å². The van der Waals surface area contributed by atoms with Gasteiger partial charge in [0.2, 0.25) is 5.91 Å². The van der Waals surface area contributed by atoms with Crippen molar-refractivity contribution in [3.05, 3.63) is 34.3 Å². The Hall–Kier alpha value is -1.73. The van der Waals surface area contributed by atoms with Crippen LogP contribution >= 0.6 is 11.3 Å². The van der Waals surface area contributed by atoms with E-state index in [1.54, 1.807) is 17.8 Å². The van der Waals surface area contributed by atoms with Crippen LogP contribution in [0.5, 0.6) is 0 Å². The van der Waals surface area contributed by atoms with Gasteiger partial charge in [0.05, 0.1) is 5.69 Å². The maximum absolute atomic E-state index is 12.5. The van der Waals surface area contributed by atoms with Crippen LogP contribution in [0.15, 0.2) is 23.7 Å². The predicted molar refractivity (Wildman–Crippen MR) is 92.6 cm³/mol. The molecule has 2 aromatic rings. The maximum atomic E-state index is 12.5. The van der Waals surface area contributed by atoms with E-state index in [4.69, 9.17) is 0 Å². The lowest BCUT2D eigenvalue weighted by atomic mass is 9.99. The van der Waals surface area contributed by atoms with Crippen molar-refractivity contribution in [2.45, 2.75) is 57.7 Å². The first-order valence-corrected chi connectivity index (χ1v) is 9.12. The van der Waals surface area contributed by atoms with Crippen LogP contribution in [-0.2, 0) is 23.4 Å². The Morgan fingerprint density at radius 1 is 1.50 bits per heavy atom. The third-order valence-electron chi connectivity index (χ3n) is 4.66. The molecule has 1 saturated heterocycles. The minimum atomic E-state index is -0.976. The van der Waals surface area contributed by atoms with E-state index in [1.165, 1.54) is 11.3 Å². The fourth-order valence-corrected chi connectivity index (χ4v) is 4.10. The molecule has 130 valence electrons. The first-order chi connectivity index (χ1) is 11.3. The molecule has 6 nitrogen and oxygen atoms in total. The van der Waals surface area contributed by atoms with Gasteiger partial charge in [-0.1, -0.05) is 11.3 Å². The summed E-state index contributed by atoms with van der Waals surface area (Å²) in [6, 6.07) is 3.83. The van der Waals surface area contributed by atoms with Crippen molar-refractivity contribution >= 4 is 17.2 Å². The normalized spacial score (nSPS) is 19.4. The fraction of sp³-hybridized carbons (Fsp3) is 0.588. The molecule has 1 unspecified atom stereocenters. The first-order valence-electron chi connectivity index (χ1n) is 8.24. The van der Waals surface area contributed by atoms with E-state index in [9.17, 15) is 9.90 Å². The number of aromatic nitrogens is 3. The van der Waals surface area contributed by atoms with Crippen molar-refractivity contribution in [1.29, 1.82) is 0 Å². The summed E-state index contributed by atoms with van der Waals surface area (Å²) in [5, 5.41) is 20.7. The highest BCUT2D eigenvalue weighted by Gasteiger charge is 2.35. The molecule has 0 aromatic carbocycles. The molecule has 1 amide bonds. The van der Waals surface area contributed by atoms with Crippen molar-refractivity contribution in [3.63, 3.8) is 0 Å². The van der Waals surface area contributed by atoms with Crippen molar-refractivity contribution < 1.29 is 9.90 Å². The van der Waals surface area contributed by atoms with Crippen LogP contribution in [0, 0.1) is 0 Å². The van der Waals surface area contributed by atoms with Gasteiger partial charge in [-0.05, 0) is 45.1 Å². The summed E-state index contributed by atoms with van der Waals surface area (Å²) >= 11 is 1.52. The van der Waals surface area contributed by atoms with Crippen molar-refractivity contribution in [2.75, 3.05) is 6.54 Å². The molecule has 1 N–H and O–H groups in total. The van der Waals surface area contributed by atoms with Gasteiger partial charge in [0, 0.05) is 29.6 Å². The average Bonchev–Trinajstić information content (AvgIpc) is 3.19. The number of aliphatic hydroxyl groups is 1. The molecule has 0 aliphatic carbocycles. The van der Waals surface area contributed by atoms with E-state index in [0.717, 1.165) is 24.3 Å². The van der Waals surface area contributed by atoms with Gasteiger partial charge in [0.1, 0.15) is 12.1 Å². The van der Waals surface area contributed by atoms with E-state index >= 15 is 0 Å². The smallest absolute Gasteiger partial charge is 0.244 e. The van der Waals surface area contributed by atoms with Crippen LogP contribution in [-0.4, -0.2) is 43.0 Å². The standard InChI is InChI=1S/C17H24N4O2S/c1-16(2)7-5-8-21(16)15(22)12-20-11-13(18-19-20)10-17(3,23)14-6-4-9-24-14/h4,6,9,11,23H,5,7-8,10,12H2,1-3H3. The van der Waals surface area contributed by atoms with Crippen LogP contribution in [0.3, 0.4) is 0 Å². The zero-order chi connectivity index (χ0) is 17.4. The lowest BCUT2D eigenvalue weighted by Gasteiger charge is -2.31. The quantitative estimate of drug-likeness (QED) is 0.899. The van der Waals surface area contributed by atoms with Gasteiger partial charge in [-0.15, -0.1) is 16.4 Å². The molecule has 24 heavy (non-hydrogen) atoms. The summed E-state index contributed by atoms with van der Waals surface area (Å²) in [6.07, 6.45) is 4.20. The highest BCUT2D eigenvalue weighted by molar-refractivity contribution is 7.10. The van der Waals surface area contributed by atoms with E-state index in [-0.39, 0.29) is 18.0 Å². The third kappa shape index (κ3) is 3.52. The van der Waals surface area contributed by atoms with E-state index < -0.39 is 5.60 Å². The summed E-state index contributed by atoms with van der Waals surface area (Å²) in [6.45, 7) is 6.97. The number of hydrogen-bond donors (Lipinski definition) is 1. The van der Waals surface area contributed by atoms with E-state index in [1.807, 2.05) is 22.4 Å². The summed E-state index contributed by atoms with van der Waals surface area (Å²) in [7, 11) is 0. The fourth-order valence-electron chi connectivity index (χ4n) is 3.32. The number of amides is 1. The Morgan fingerprint density at radius 2 is 2.29 bits per heavy atom. The van der Waals surface area contributed by atoms with Gasteiger partial charge >= 0.3 is 0 Å². The molecule has 0 radical (unpaired) electrons. The van der Waals surface area contributed by atoms with Gasteiger partial charge < -0.3 is 10.0 Å². The van der Waals surface area contributed by atoms with Gasteiger partial charge in [-0.3, -0.25) is 4.79 Å². The zero-order valence-electron chi connectivity index (χ0n) is 14.4. The second-order valence-corrected chi connectivity index (χ2v) is 8.24. The van der Waals surface area contributed by atoms with Crippen molar-refractivity contribution in [3.8, 4) is 0 Å². The summed E-state index contributed by atoms with van der Waals surface area (Å²) in [5.41, 5.74) is -0.374. The SMILES string of the molecule is CC(O)(Cc1cn(CC(=O)N2CCCC2(C)C)nn1)c1cccs1. The number of hydrogen-bond acceptors (Lipinski definition) is 5. The van der Waals surface area contributed by atoms with Crippen molar-refractivity contribution in [1.82, 2.24) is 19.9 Å². The molecule has 3 heterocycles. The third-order valence-corrected chi connectivity index (χ3v) is 5.79. The second-order valence-electron chi connectivity index (χ2n) is 7.30. The summed E-state index contributed by atoms with van der Waals surface area (Å²) in [5.74, 6) is 0.0685. The number of nitrogens with zero attached hydrogens (tertiary/aromatic N) is 4. The molecule has 1 atom stereocenters. The lowest BCUT2D eigenvalue weighted by molar-refractivity contribution is -0.135. The van der Waals surface area contributed by atoms with Gasteiger partial charge in [0.25, 0.3) is 0 Å². The summed E-state index contributed by atoms with van der Waals surface area (Å²) in [4.78, 5) is 15.3. The average molecular weight is 348 g/mol. The van der Waals surface area contributed by atoms with Crippen LogP contribution in [0.2, 0.25) is 0 Å². The molecular weight excluding hydrogens is 324 g/mol. The molecule has 0 spiro atoms. The Balaban J connectivity index is 1.65. The topological polar surface area (TPSA) is 71.2 Å². The molecule has 1 fully saturated rings. The number of carbonyl (C=O) groups excluding carboxylic acids is 1. The monoisotopic (exact) mass is 348 g/mol. The largest absolute Gasteiger partial charge is 0.384 e. The molecule has 2 aromatic heterocycles. The molecule has 0 bridgehead atoms.